The Hall–Kier alpha value is -3.01. The van der Waals surface area contributed by atoms with Crippen molar-refractivity contribution in [2.75, 3.05) is 5.32 Å². The lowest BCUT2D eigenvalue weighted by atomic mass is 10.4. The topological polar surface area (TPSA) is 124 Å². The second-order valence-electron chi connectivity index (χ2n) is 4.29. The minimum Gasteiger partial charge on any atom is -0.296 e. The average Bonchev–Trinajstić information content (AvgIpc) is 2.88. The van der Waals surface area contributed by atoms with Crippen molar-refractivity contribution < 1.29 is 9.72 Å². The molecule has 0 aliphatic heterocycles. The quantitative estimate of drug-likeness (QED) is 0.578. The van der Waals surface area contributed by atoms with Crippen molar-refractivity contribution in [3.05, 3.63) is 46.2 Å². The summed E-state index contributed by atoms with van der Waals surface area (Å²) in [5, 5.41) is 13.6. The number of aryl methyl sites for hydroxylation is 1. The smallest absolute Gasteiger partial charge is 0.289 e. The summed E-state index contributed by atoms with van der Waals surface area (Å²) in [7, 11) is 0. The molecular formula is C12H8N6O3S. The summed E-state index contributed by atoms with van der Waals surface area (Å²) in [6, 6.07) is 1.36. The molecule has 1 N–H and O–H groups in total. The first kappa shape index (κ1) is 13.9. The monoisotopic (exact) mass is 316 g/mol. The number of thiazole rings is 1. The van der Waals surface area contributed by atoms with Gasteiger partial charge in [0, 0.05) is 12.3 Å². The second-order valence-corrected chi connectivity index (χ2v) is 5.32. The van der Waals surface area contributed by atoms with Crippen LogP contribution >= 0.6 is 11.3 Å². The molecule has 0 fully saturated rings. The summed E-state index contributed by atoms with van der Waals surface area (Å²) in [5.74, 6) is -0.457. The van der Waals surface area contributed by atoms with Crippen LogP contribution in [0.25, 0.3) is 10.3 Å². The van der Waals surface area contributed by atoms with E-state index in [4.69, 9.17) is 0 Å². The van der Waals surface area contributed by atoms with Gasteiger partial charge in [0.05, 0.1) is 21.5 Å². The Labute approximate surface area is 127 Å². The maximum absolute atomic E-state index is 12.0. The third-order valence-electron chi connectivity index (χ3n) is 2.68. The van der Waals surface area contributed by atoms with Crippen molar-refractivity contribution in [1.82, 2.24) is 19.9 Å². The maximum Gasteiger partial charge on any atom is 0.289 e. The first-order valence-electron chi connectivity index (χ1n) is 6.04. The summed E-state index contributed by atoms with van der Waals surface area (Å²) < 4.78 is 0.513. The first-order chi connectivity index (χ1) is 10.5. The third kappa shape index (κ3) is 2.72. The summed E-state index contributed by atoms with van der Waals surface area (Å²) >= 11 is 1.10. The van der Waals surface area contributed by atoms with Crippen LogP contribution in [0.4, 0.5) is 10.8 Å². The number of nitro groups is 1. The van der Waals surface area contributed by atoms with Gasteiger partial charge >= 0.3 is 0 Å². The predicted octanol–water partition coefficient (Wildman–Crippen LogP) is 1.95. The minimum absolute atomic E-state index is 0.126. The predicted molar refractivity (Wildman–Crippen MR) is 78.8 cm³/mol. The zero-order chi connectivity index (χ0) is 15.7. The summed E-state index contributed by atoms with van der Waals surface area (Å²) in [4.78, 5) is 38.1. The number of carbonyl (C=O) groups is 1. The minimum atomic E-state index is -0.535. The SMILES string of the molecule is Cc1cnc(C(=O)Nc2nc3ncc([N+](=O)[O-])cc3s2)cn1. The van der Waals surface area contributed by atoms with Crippen LogP contribution in [-0.2, 0) is 0 Å². The number of nitrogens with zero attached hydrogens (tertiary/aromatic N) is 5. The van der Waals surface area contributed by atoms with Gasteiger partial charge in [-0.2, -0.15) is 4.98 Å². The van der Waals surface area contributed by atoms with E-state index in [0.717, 1.165) is 17.5 Å². The fourth-order valence-corrected chi connectivity index (χ4v) is 2.49. The normalized spacial score (nSPS) is 10.6. The largest absolute Gasteiger partial charge is 0.296 e. The van der Waals surface area contributed by atoms with Gasteiger partial charge in [0.2, 0.25) is 0 Å². The molecule has 0 saturated carbocycles. The molecule has 3 aromatic rings. The summed E-state index contributed by atoms with van der Waals surface area (Å²) in [5.41, 5.74) is 1.07. The van der Waals surface area contributed by atoms with Crippen LogP contribution in [0.5, 0.6) is 0 Å². The molecular weight excluding hydrogens is 308 g/mol. The molecule has 0 unspecified atom stereocenters. The Bertz CT molecular complexity index is 876. The highest BCUT2D eigenvalue weighted by atomic mass is 32.1. The van der Waals surface area contributed by atoms with Crippen molar-refractivity contribution >= 4 is 38.4 Å². The van der Waals surface area contributed by atoms with Crippen molar-refractivity contribution in [3.8, 4) is 0 Å². The van der Waals surface area contributed by atoms with Crippen LogP contribution in [0.3, 0.4) is 0 Å². The van der Waals surface area contributed by atoms with E-state index in [1.165, 1.54) is 18.5 Å². The van der Waals surface area contributed by atoms with Gasteiger partial charge < -0.3 is 0 Å². The Morgan fingerprint density at radius 1 is 1.27 bits per heavy atom. The second kappa shape index (κ2) is 5.41. The molecule has 0 spiro atoms. The van der Waals surface area contributed by atoms with Gasteiger partial charge in [-0.15, -0.1) is 0 Å². The molecule has 9 nitrogen and oxygen atoms in total. The number of hydrogen-bond acceptors (Lipinski definition) is 8. The number of rotatable bonds is 3. The standard InChI is InChI=1S/C12H8N6O3S/c1-6-3-14-8(5-13-6)11(19)17-12-16-10-9(22-12)2-7(4-15-10)18(20)21/h2-5H,1H3,(H,15,16,17,19). The molecule has 3 rings (SSSR count). The van der Waals surface area contributed by atoms with Gasteiger partial charge in [0.25, 0.3) is 11.6 Å². The molecule has 0 aromatic carbocycles. The maximum atomic E-state index is 12.0. The van der Waals surface area contributed by atoms with Crippen LogP contribution in [0.1, 0.15) is 16.2 Å². The van der Waals surface area contributed by atoms with Crippen LogP contribution in [0.15, 0.2) is 24.7 Å². The van der Waals surface area contributed by atoms with Gasteiger partial charge in [-0.3, -0.25) is 25.2 Å². The fraction of sp³-hybridized carbons (Fsp3) is 0.0833. The fourth-order valence-electron chi connectivity index (χ4n) is 1.63. The number of fused-ring (bicyclic) bond motifs is 1. The number of nitrogens with one attached hydrogen (secondary N) is 1. The van der Waals surface area contributed by atoms with E-state index in [2.05, 4.69) is 25.3 Å². The molecule has 0 aliphatic carbocycles. The molecule has 0 atom stereocenters. The van der Waals surface area contributed by atoms with E-state index < -0.39 is 10.8 Å². The number of aromatic nitrogens is 4. The van der Waals surface area contributed by atoms with Crippen LogP contribution in [0.2, 0.25) is 0 Å². The molecule has 0 bridgehead atoms. The third-order valence-corrected chi connectivity index (χ3v) is 3.58. The van der Waals surface area contributed by atoms with Crippen molar-refractivity contribution in [3.63, 3.8) is 0 Å². The van der Waals surface area contributed by atoms with Gasteiger partial charge in [0.15, 0.2) is 10.8 Å². The summed E-state index contributed by atoms with van der Waals surface area (Å²) in [6.45, 7) is 1.76. The zero-order valence-corrected chi connectivity index (χ0v) is 12.0. The highest BCUT2D eigenvalue weighted by Crippen LogP contribution is 2.27. The van der Waals surface area contributed by atoms with E-state index >= 15 is 0 Å². The van der Waals surface area contributed by atoms with E-state index in [9.17, 15) is 14.9 Å². The van der Waals surface area contributed by atoms with E-state index in [1.54, 1.807) is 6.92 Å². The average molecular weight is 316 g/mol. The van der Waals surface area contributed by atoms with Gasteiger partial charge in [-0.25, -0.2) is 9.97 Å². The van der Waals surface area contributed by atoms with Crippen LogP contribution in [-0.4, -0.2) is 30.8 Å². The summed E-state index contributed by atoms with van der Waals surface area (Å²) in [6.07, 6.45) is 3.97. The number of anilines is 1. The molecule has 3 aromatic heterocycles. The first-order valence-corrected chi connectivity index (χ1v) is 6.85. The molecule has 0 aliphatic rings. The Morgan fingerprint density at radius 3 is 2.77 bits per heavy atom. The highest BCUT2D eigenvalue weighted by molar-refractivity contribution is 7.22. The van der Waals surface area contributed by atoms with E-state index in [0.29, 0.717) is 16.0 Å². The lowest BCUT2D eigenvalue weighted by Crippen LogP contribution is -2.13. The lowest BCUT2D eigenvalue weighted by Gasteiger charge is -1.99. The van der Waals surface area contributed by atoms with Crippen LogP contribution in [0, 0.1) is 17.0 Å². The Balaban J connectivity index is 1.86. The van der Waals surface area contributed by atoms with Crippen molar-refractivity contribution in [2.45, 2.75) is 6.92 Å². The van der Waals surface area contributed by atoms with Crippen LogP contribution < -0.4 is 5.32 Å². The van der Waals surface area contributed by atoms with Crippen molar-refractivity contribution in [1.29, 1.82) is 0 Å². The number of amides is 1. The van der Waals surface area contributed by atoms with E-state index in [1.807, 2.05) is 0 Å². The molecule has 3 heterocycles. The van der Waals surface area contributed by atoms with Crippen molar-refractivity contribution in [2.24, 2.45) is 0 Å². The highest BCUT2D eigenvalue weighted by Gasteiger charge is 2.14. The number of carbonyl (C=O) groups excluding carboxylic acids is 1. The molecule has 110 valence electrons. The Kier molecular flexibility index (Phi) is 3.43. The molecule has 1 amide bonds. The molecule has 22 heavy (non-hydrogen) atoms. The van der Waals surface area contributed by atoms with Gasteiger partial charge in [0.1, 0.15) is 11.9 Å². The Morgan fingerprint density at radius 2 is 2.09 bits per heavy atom. The van der Waals surface area contributed by atoms with Gasteiger partial charge in [-0.1, -0.05) is 11.3 Å². The van der Waals surface area contributed by atoms with Gasteiger partial charge in [-0.05, 0) is 6.92 Å². The lowest BCUT2D eigenvalue weighted by molar-refractivity contribution is -0.385. The molecule has 10 heteroatoms. The molecule has 0 saturated heterocycles. The number of hydrogen-bond donors (Lipinski definition) is 1. The number of pyridine rings is 1. The zero-order valence-electron chi connectivity index (χ0n) is 11.2. The molecule has 0 radical (unpaired) electrons. The van der Waals surface area contributed by atoms with E-state index in [-0.39, 0.29) is 16.5 Å².